The molecular weight excluding hydrogens is 506 g/mol. The van der Waals surface area contributed by atoms with Crippen molar-refractivity contribution in [2.45, 2.75) is 51.1 Å². The quantitative estimate of drug-likeness (QED) is 0.507. The van der Waals surface area contributed by atoms with E-state index in [1.165, 1.54) is 0 Å². The summed E-state index contributed by atoms with van der Waals surface area (Å²) in [6.45, 7) is 6.27. The molecule has 4 aliphatic rings. The lowest BCUT2D eigenvalue weighted by molar-refractivity contribution is -0.139. The Kier molecular flexibility index (Phi) is 5.75. The minimum Gasteiger partial charge on any atom is -0.356 e. The summed E-state index contributed by atoms with van der Waals surface area (Å²) in [6.07, 6.45) is 3.37. The first-order valence-corrected chi connectivity index (χ1v) is 14.4. The molecule has 0 saturated carbocycles. The average Bonchev–Trinajstić information content (AvgIpc) is 3.66. The number of nitrogens with one attached hydrogen (secondary N) is 1. The summed E-state index contributed by atoms with van der Waals surface area (Å²) in [5, 5.41) is 8.41. The van der Waals surface area contributed by atoms with Crippen LogP contribution < -0.4 is 10.2 Å². The van der Waals surface area contributed by atoms with Crippen molar-refractivity contribution in [1.29, 1.82) is 0 Å². The highest BCUT2D eigenvalue weighted by atomic mass is 16.2. The third-order valence-electron chi connectivity index (χ3n) is 9.45. The molecule has 3 atom stereocenters. The average molecular weight is 542 g/mol. The van der Waals surface area contributed by atoms with Gasteiger partial charge in [-0.1, -0.05) is 18.2 Å². The highest BCUT2D eigenvalue weighted by molar-refractivity contribution is 6.11. The van der Waals surface area contributed by atoms with Gasteiger partial charge in [0.15, 0.2) is 5.65 Å². The van der Waals surface area contributed by atoms with Crippen LogP contribution in [-0.2, 0) is 22.2 Å². The summed E-state index contributed by atoms with van der Waals surface area (Å²) < 4.78 is 1.71. The second kappa shape index (κ2) is 9.12. The van der Waals surface area contributed by atoms with Crippen LogP contribution in [0.4, 0.5) is 5.69 Å². The van der Waals surface area contributed by atoms with Crippen LogP contribution in [-0.4, -0.2) is 81.1 Å². The third kappa shape index (κ3) is 3.41. The zero-order valence-electron chi connectivity index (χ0n) is 23.3. The fourth-order valence-corrected chi connectivity index (χ4v) is 7.83. The van der Waals surface area contributed by atoms with Gasteiger partial charge in [-0.2, -0.15) is 5.10 Å². The van der Waals surface area contributed by atoms with E-state index in [0.29, 0.717) is 50.2 Å². The summed E-state index contributed by atoms with van der Waals surface area (Å²) in [5.41, 5.74) is 3.57. The molecule has 1 N–H and O–H groups in total. The van der Waals surface area contributed by atoms with Gasteiger partial charge in [-0.15, -0.1) is 0 Å². The summed E-state index contributed by atoms with van der Waals surface area (Å²) in [6, 6.07) is 10.00. The predicted molar refractivity (Wildman–Crippen MR) is 150 cm³/mol. The first kappa shape index (κ1) is 25.2. The first-order chi connectivity index (χ1) is 19.3. The van der Waals surface area contributed by atoms with E-state index in [9.17, 15) is 14.4 Å². The minimum atomic E-state index is -0.975. The molecule has 40 heavy (non-hydrogen) atoms. The van der Waals surface area contributed by atoms with E-state index in [1.54, 1.807) is 4.68 Å². The second-order valence-electron chi connectivity index (χ2n) is 11.7. The number of amides is 3. The smallest absolute Gasteiger partial charge is 0.254 e. The Balaban J connectivity index is 1.29. The molecule has 3 fully saturated rings. The maximum absolute atomic E-state index is 14.6. The number of para-hydroxylation sites is 1. The molecule has 10 nitrogen and oxygen atoms in total. The SMILES string of the molecule is Cc1cc(C(=O)N2CCCNC(=O)[C@H]3C[C@@H]4CCCN4[C@@]34C(=O)N(CC2)c2ccccc24)c2c(C)nn(C)c2n1. The fraction of sp³-hybridized carbons (Fsp3) is 0.500. The topological polar surface area (TPSA) is 104 Å². The lowest BCUT2D eigenvalue weighted by atomic mass is 9.78. The zero-order valence-corrected chi connectivity index (χ0v) is 23.3. The van der Waals surface area contributed by atoms with Gasteiger partial charge in [0.2, 0.25) is 5.91 Å². The van der Waals surface area contributed by atoms with Crippen molar-refractivity contribution in [2.75, 3.05) is 37.6 Å². The third-order valence-corrected chi connectivity index (χ3v) is 9.45. The van der Waals surface area contributed by atoms with Crippen LogP contribution in [0.2, 0.25) is 0 Å². The monoisotopic (exact) mass is 541 g/mol. The molecule has 3 saturated heterocycles. The van der Waals surface area contributed by atoms with Crippen molar-refractivity contribution in [3.8, 4) is 0 Å². The number of carbonyl (C=O) groups is 3. The lowest BCUT2D eigenvalue weighted by Gasteiger charge is -2.38. The van der Waals surface area contributed by atoms with Gasteiger partial charge in [0.05, 0.1) is 22.6 Å². The number of fused-ring (bicyclic) bond motifs is 5. The molecule has 1 spiro atoms. The van der Waals surface area contributed by atoms with E-state index in [1.807, 2.05) is 61.0 Å². The van der Waals surface area contributed by atoms with E-state index in [4.69, 9.17) is 0 Å². The number of hydrogen-bond donors (Lipinski definition) is 1. The van der Waals surface area contributed by atoms with Crippen molar-refractivity contribution < 1.29 is 14.4 Å². The summed E-state index contributed by atoms with van der Waals surface area (Å²) in [4.78, 5) is 53.0. The molecule has 7 rings (SSSR count). The molecule has 0 radical (unpaired) electrons. The maximum atomic E-state index is 14.6. The number of benzene rings is 1. The normalized spacial score (nSPS) is 26.8. The van der Waals surface area contributed by atoms with Gasteiger partial charge in [0.25, 0.3) is 11.8 Å². The van der Waals surface area contributed by atoms with Crippen molar-refractivity contribution in [3.63, 3.8) is 0 Å². The van der Waals surface area contributed by atoms with Crippen molar-refractivity contribution in [3.05, 3.63) is 52.8 Å². The Hall–Kier alpha value is -3.79. The Morgan fingerprint density at radius 3 is 2.75 bits per heavy atom. The van der Waals surface area contributed by atoms with Crippen LogP contribution >= 0.6 is 0 Å². The van der Waals surface area contributed by atoms with E-state index in [-0.39, 0.29) is 23.8 Å². The van der Waals surface area contributed by atoms with Crippen LogP contribution in [0.5, 0.6) is 0 Å². The molecule has 0 aliphatic carbocycles. The van der Waals surface area contributed by atoms with Gasteiger partial charge in [-0.25, -0.2) is 4.98 Å². The van der Waals surface area contributed by atoms with Crippen LogP contribution in [0.3, 0.4) is 0 Å². The van der Waals surface area contributed by atoms with E-state index in [0.717, 1.165) is 47.4 Å². The minimum absolute atomic E-state index is 0.0310. The highest BCUT2D eigenvalue weighted by Gasteiger charge is 2.67. The van der Waals surface area contributed by atoms with Gasteiger partial charge in [0.1, 0.15) is 5.54 Å². The molecule has 208 valence electrons. The van der Waals surface area contributed by atoms with Gasteiger partial charge in [-0.3, -0.25) is 24.0 Å². The van der Waals surface area contributed by atoms with Crippen LogP contribution in [0.15, 0.2) is 30.3 Å². The number of rotatable bonds is 1. The molecule has 2 bridgehead atoms. The Morgan fingerprint density at radius 1 is 1.07 bits per heavy atom. The molecule has 6 heterocycles. The van der Waals surface area contributed by atoms with Crippen molar-refractivity contribution in [2.24, 2.45) is 13.0 Å². The number of carbonyl (C=O) groups excluding carboxylic acids is 3. The molecule has 3 amide bonds. The molecule has 0 unspecified atom stereocenters. The first-order valence-electron chi connectivity index (χ1n) is 14.4. The number of aryl methyl sites for hydroxylation is 3. The maximum Gasteiger partial charge on any atom is 0.254 e. The Bertz CT molecular complexity index is 1560. The summed E-state index contributed by atoms with van der Waals surface area (Å²) >= 11 is 0. The predicted octanol–water partition coefficient (Wildman–Crippen LogP) is 2.27. The standard InChI is InChI=1S/C30H35N7O3/c1-18-16-21(25-19(2)33-34(3)26(25)32-18)28(39)35-12-7-11-31-27(38)23-17-20-8-6-13-37(20)30(23)22-9-4-5-10-24(22)36(15-14-35)29(30)40/h4-5,9-10,16,20,23H,6-8,11-15,17H2,1-3H3,(H,31,38)/t20-,23+,30+/m0/s1. The molecule has 4 aliphatic heterocycles. The van der Waals surface area contributed by atoms with Gasteiger partial charge in [-0.05, 0) is 58.2 Å². The van der Waals surface area contributed by atoms with Crippen molar-refractivity contribution >= 4 is 34.4 Å². The fourth-order valence-electron chi connectivity index (χ4n) is 7.83. The second-order valence-corrected chi connectivity index (χ2v) is 11.7. The lowest BCUT2D eigenvalue weighted by Crippen LogP contribution is -2.57. The van der Waals surface area contributed by atoms with Crippen molar-refractivity contribution in [1.82, 2.24) is 29.9 Å². The molecule has 1 aromatic carbocycles. The largest absolute Gasteiger partial charge is 0.356 e. The number of nitrogens with zero attached hydrogens (tertiary/aromatic N) is 6. The van der Waals surface area contributed by atoms with E-state index < -0.39 is 11.5 Å². The zero-order chi connectivity index (χ0) is 27.8. The molecular formula is C30H35N7O3. The Morgan fingerprint density at radius 2 is 1.90 bits per heavy atom. The molecule has 2 aromatic heterocycles. The van der Waals surface area contributed by atoms with Crippen LogP contribution in [0, 0.1) is 19.8 Å². The molecule has 10 heteroatoms. The van der Waals surface area contributed by atoms with Gasteiger partial charge < -0.3 is 15.1 Å². The summed E-state index contributed by atoms with van der Waals surface area (Å²) in [7, 11) is 1.84. The number of anilines is 1. The van der Waals surface area contributed by atoms with Gasteiger partial charge in [0, 0.05) is 56.2 Å². The highest BCUT2D eigenvalue weighted by Crippen LogP contribution is 2.57. The Labute approximate surface area is 233 Å². The number of pyridine rings is 1. The van der Waals surface area contributed by atoms with Crippen LogP contribution in [0.25, 0.3) is 11.0 Å². The molecule has 3 aromatic rings. The van der Waals surface area contributed by atoms with E-state index in [2.05, 4.69) is 20.3 Å². The number of hydrogen-bond acceptors (Lipinski definition) is 6. The van der Waals surface area contributed by atoms with Crippen LogP contribution in [0.1, 0.15) is 53.0 Å². The number of aromatic nitrogens is 3. The summed E-state index contributed by atoms with van der Waals surface area (Å²) in [5.74, 6) is -0.620. The van der Waals surface area contributed by atoms with Gasteiger partial charge >= 0.3 is 0 Å². The van der Waals surface area contributed by atoms with E-state index >= 15 is 0 Å².